The van der Waals surface area contributed by atoms with E-state index in [4.69, 9.17) is 11.5 Å². The topological polar surface area (TPSA) is 82.0 Å². The number of terminal acetylenes is 1. The first-order valence-corrected chi connectivity index (χ1v) is 9.47. The zero-order valence-corrected chi connectivity index (χ0v) is 18.2. The fraction of sp³-hybridized carbons (Fsp3) is 0.273. The standard InChI is InChI=1S/C10H9N3OS.C5H10.C4H6F2.C3H4/c11-9-8(15-10(12)13-9)7(14)6-4-2-1-3-5-6;1-4-5(2)3;1-4(6)2-3-5;1-3-2/h1-5H,11H2,(H2,12,13);2,4H2,1,3H3;2H,3H2,1H3;1H,2H3/b;;4-2+;. The molecule has 0 atom stereocenters. The van der Waals surface area contributed by atoms with Gasteiger partial charge in [-0.25, -0.2) is 13.8 Å². The van der Waals surface area contributed by atoms with Gasteiger partial charge in [0, 0.05) is 5.56 Å². The molecule has 0 spiro atoms. The number of thiazole rings is 1. The molecule has 0 saturated heterocycles. The Kier molecular flexibility index (Phi) is 16.7. The average Bonchev–Trinajstić information content (AvgIpc) is 3.01. The Balaban J connectivity index is 0. The van der Waals surface area contributed by atoms with Crippen molar-refractivity contribution in [1.82, 2.24) is 4.98 Å². The number of aromatic nitrogens is 1. The molecular weight excluding hydrogens is 392 g/mol. The van der Waals surface area contributed by atoms with Crippen LogP contribution >= 0.6 is 11.3 Å². The quantitative estimate of drug-likeness (QED) is 0.361. The summed E-state index contributed by atoms with van der Waals surface area (Å²) in [6.45, 7) is 9.96. The number of hydrogen-bond acceptors (Lipinski definition) is 5. The van der Waals surface area contributed by atoms with Crippen molar-refractivity contribution in [2.24, 2.45) is 0 Å². The third-order valence-corrected chi connectivity index (χ3v) is 3.77. The summed E-state index contributed by atoms with van der Waals surface area (Å²) in [7, 11) is 0. The lowest BCUT2D eigenvalue weighted by Crippen LogP contribution is -2.02. The molecule has 1 heterocycles. The maximum absolute atomic E-state index is 11.9. The molecule has 29 heavy (non-hydrogen) atoms. The molecule has 2 aromatic rings. The van der Waals surface area contributed by atoms with Gasteiger partial charge in [0.1, 0.15) is 17.4 Å². The van der Waals surface area contributed by atoms with Crippen molar-refractivity contribution in [2.75, 3.05) is 18.1 Å². The molecule has 0 bridgehead atoms. The lowest BCUT2D eigenvalue weighted by molar-refractivity contribution is 0.104. The van der Waals surface area contributed by atoms with Crippen LogP contribution in [0.3, 0.4) is 0 Å². The molecule has 0 aliphatic rings. The van der Waals surface area contributed by atoms with E-state index in [1.54, 1.807) is 31.2 Å². The largest absolute Gasteiger partial charge is 0.382 e. The van der Waals surface area contributed by atoms with E-state index in [2.05, 4.69) is 30.8 Å². The Morgan fingerprint density at radius 3 is 2.07 bits per heavy atom. The molecule has 7 heteroatoms. The molecular formula is C22H29F2N3OS. The van der Waals surface area contributed by atoms with E-state index in [1.807, 2.05) is 13.0 Å². The highest BCUT2D eigenvalue weighted by atomic mass is 32.1. The summed E-state index contributed by atoms with van der Waals surface area (Å²) in [5.74, 6) is 1.85. The number of benzene rings is 1. The summed E-state index contributed by atoms with van der Waals surface area (Å²) in [4.78, 5) is 16.1. The smallest absolute Gasteiger partial charge is 0.206 e. The van der Waals surface area contributed by atoms with Crippen LogP contribution in [0.4, 0.5) is 19.7 Å². The SMILES string of the molecule is C#CC.C/C(F)=C\CF.C=C(C)CC.Nc1nc(N)c(C(=O)c2ccccc2)s1. The van der Waals surface area contributed by atoms with Gasteiger partial charge >= 0.3 is 0 Å². The minimum absolute atomic E-state index is 0.137. The second-order valence-electron chi connectivity index (χ2n) is 5.51. The van der Waals surface area contributed by atoms with E-state index in [1.165, 1.54) is 12.5 Å². The minimum atomic E-state index is -0.706. The van der Waals surface area contributed by atoms with Gasteiger partial charge in [-0.1, -0.05) is 54.2 Å². The lowest BCUT2D eigenvalue weighted by atomic mass is 10.1. The van der Waals surface area contributed by atoms with Crippen molar-refractivity contribution in [2.45, 2.75) is 34.1 Å². The first-order valence-electron chi connectivity index (χ1n) is 8.65. The van der Waals surface area contributed by atoms with Gasteiger partial charge in [0.25, 0.3) is 0 Å². The Labute approximate surface area is 176 Å². The highest BCUT2D eigenvalue weighted by Gasteiger charge is 2.16. The zero-order valence-electron chi connectivity index (χ0n) is 17.3. The summed E-state index contributed by atoms with van der Waals surface area (Å²) in [6, 6.07) is 8.91. The first-order chi connectivity index (χ1) is 13.6. The Hall–Kier alpha value is -2.98. The minimum Gasteiger partial charge on any atom is -0.382 e. The van der Waals surface area contributed by atoms with Gasteiger partial charge in [-0.2, -0.15) is 0 Å². The van der Waals surface area contributed by atoms with Crippen LogP contribution in [-0.2, 0) is 0 Å². The lowest BCUT2D eigenvalue weighted by Gasteiger charge is -1.97. The maximum atomic E-state index is 11.9. The van der Waals surface area contributed by atoms with Crippen LogP contribution in [0.25, 0.3) is 0 Å². The van der Waals surface area contributed by atoms with Crippen molar-refractivity contribution in [3.8, 4) is 12.3 Å². The molecule has 0 unspecified atom stereocenters. The molecule has 1 aromatic carbocycles. The number of nitrogens with two attached hydrogens (primary N) is 2. The molecule has 0 amide bonds. The number of carbonyl (C=O) groups is 1. The van der Waals surface area contributed by atoms with Crippen LogP contribution in [0.15, 0.2) is 54.4 Å². The van der Waals surface area contributed by atoms with E-state index < -0.39 is 12.5 Å². The maximum Gasteiger partial charge on any atom is 0.206 e. The molecule has 0 fully saturated rings. The number of rotatable bonds is 4. The number of allylic oxidation sites excluding steroid dienone is 3. The summed E-state index contributed by atoms with van der Waals surface area (Å²) < 4.78 is 22.3. The summed E-state index contributed by atoms with van der Waals surface area (Å²) in [5, 5.41) is 0.312. The summed E-state index contributed by atoms with van der Waals surface area (Å²) >= 11 is 1.11. The number of nitrogen functional groups attached to an aromatic ring is 2. The van der Waals surface area contributed by atoms with Crippen molar-refractivity contribution in [3.63, 3.8) is 0 Å². The molecule has 4 N–H and O–H groups in total. The summed E-state index contributed by atoms with van der Waals surface area (Å²) in [5.41, 5.74) is 12.9. The number of halogens is 2. The number of anilines is 2. The number of alkyl halides is 1. The predicted octanol–water partition coefficient (Wildman–Crippen LogP) is 5.98. The zero-order chi connectivity index (χ0) is 22.8. The molecule has 0 saturated carbocycles. The molecule has 0 aliphatic carbocycles. The monoisotopic (exact) mass is 421 g/mol. The van der Waals surface area contributed by atoms with E-state index in [0.717, 1.165) is 23.8 Å². The van der Waals surface area contributed by atoms with E-state index in [0.29, 0.717) is 15.6 Å². The van der Waals surface area contributed by atoms with Gasteiger partial charge in [-0.3, -0.25) is 4.79 Å². The predicted molar refractivity (Wildman–Crippen MR) is 121 cm³/mol. The van der Waals surface area contributed by atoms with Gasteiger partial charge in [0.15, 0.2) is 5.13 Å². The second kappa shape index (κ2) is 17.1. The second-order valence-corrected chi connectivity index (χ2v) is 6.54. The van der Waals surface area contributed by atoms with Crippen LogP contribution in [0, 0.1) is 12.3 Å². The highest BCUT2D eigenvalue weighted by molar-refractivity contribution is 7.18. The van der Waals surface area contributed by atoms with Gasteiger partial charge in [-0.15, -0.1) is 18.9 Å². The van der Waals surface area contributed by atoms with Crippen LogP contribution in [-0.4, -0.2) is 17.4 Å². The molecule has 0 radical (unpaired) electrons. The molecule has 4 nitrogen and oxygen atoms in total. The molecule has 1 aromatic heterocycles. The fourth-order valence-corrected chi connectivity index (χ4v) is 2.05. The Morgan fingerprint density at radius 2 is 1.79 bits per heavy atom. The number of carbonyl (C=O) groups excluding carboxylic acids is 1. The molecule has 2 rings (SSSR count). The third kappa shape index (κ3) is 14.7. The molecule has 0 aliphatic heterocycles. The Morgan fingerprint density at radius 1 is 1.31 bits per heavy atom. The van der Waals surface area contributed by atoms with Crippen LogP contribution in [0.2, 0.25) is 0 Å². The normalized spacial score (nSPS) is 9.34. The van der Waals surface area contributed by atoms with Gasteiger partial charge in [0.2, 0.25) is 5.78 Å². The van der Waals surface area contributed by atoms with E-state index in [-0.39, 0.29) is 11.6 Å². The van der Waals surface area contributed by atoms with Crippen molar-refractivity contribution in [3.05, 3.63) is 64.8 Å². The van der Waals surface area contributed by atoms with Gasteiger partial charge < -0.3 is 11.5 Å². The highest BCUT2D eigenvalue weighted by Crippen LogP contribution is 2.25. The number of ketones is 1. The molecule has 158 valence electrons. The van der Waals surface area contributed by atoms with E-state index >= 15 is 0 Å². The number of nitrogens with zero attached hydrogens (tertiary/aromatic N) is 1. The number of hydrogen-bond donors (Lipinski definition) is 2. The van der Waals surface area contributed by atoms with E-state index in [9.17, 15) is 13.6 Å². The van der Waals surface area contributed by atoms with Crippen molar-refractivity contribution >= 4 is 28.1 Å². The van der Waals surface area contributed by atoms with Crippen LogP contribution < -0.4 is 11.5 Å². The van der Waals surface area contributed by atoms with Crippen LogP contribution in [0.5, 0.6) is 0 Å². The third-order valence-electron chi connectivity index (χ3n) is 2.87. The van der Waals surface area contributed by atoms with Crippen LogP contribution in [0.1, 0.15) is 49.4 Å². The fourth-order valence-electron chi connectivity index (χ4n) is 1.34. The van der Waals surface area contributed by atoms with Gasteiger partial charge in [0.05, 0.1) is 5.83 Å². The van der Waals surface area contributed by atoms with Crippen molar-refractivity contribution in [1.29, 1.82) is 0 Å². The average molecular weight is 422 g/mol. The first kappa shape index (κ1) is 28.2. The summed E-state index contributed by atoms with van der Waals surface area (Å²) in [6.07, 6.45) is 6.58. The Bertz CT molecular complexity index is 805. The van der Waals surface area contributed by atoms with Crippen molar-refractivity contribution < 1.29 is 13.6 Å². The van der Waals surface area contributed by atoms with Gasteiger partial charge in [-0.05, 0) is 33.3 Å².